The minimum Gasteiger partial charge on any atom is -0.404 e. The molecule has 0 atom stereocenters. The summed E-state index contributed by atoms with van der Waals surface area (Å²) in [4.78, 5) is 0. The summed E-state index contributed by atoms with van der Waals surface area (Å²) in [6.45, 7) is 16.4. The van der Waals surface area contributed by atoms with Crippen LogP contribution in [-0.2, 0) is 0 Å². The molecule has 0 saturated heterocycles. The van der Waals surface area contributed by atoms with Crippen LogP contribution >= 0.6 is 0 Å². The van der Waals surface area contributed by atoms with E-state index in [-0.39, 0.29) is 5.41 Å². The predicted molar refractivity (Wildman–Crippen MR) is 105 cm³/mol. The van der Waals surface area contributed by atoms with Gasteiger partial charge in [0.1, 0.15) is 0 Å². The highest BCUT2D eigenvalue weighted by atomic mass is 14.5. The van der Waals surface area contributed by atoms with Crippen LogP contribution in [-0.4, -0.2) is 11.4 Å². The molecule has 0 unspecified atom stereocenters. The highest BCUT2D eigenvalue weighted by Crippen LogP contribution is 2.27. The van der Waals surface area contributed by atoms with Crippen LogP contribution in [0.4, 0.5) is 0 Å². The average molecular weight is 326 g/mol. The van der Waals surface area contributed by atoms with E-state index in [0.29, 0.717) is 29.3 Å². The minimum atomic E-state index is -0.277. The Hall–Kier alpha value is -2.16. The number of benzene rings is 1. The molecule has 0 radical (unpaired) electrons. The zero-order chi connectivity index (χ0) is 18.7. The normalized spacial score (nSPS) is 12.4. The number of hydrogen-bond donors (Lipinski definition) is 3. The number of hydrogen-bond acceptors (Lipinski definition) is 3. The number of nitrogens with two attached hydrogens (primary N) is 1. The lowest BCUT2D eigenvalue weighted by atomic mass is 9.82. The number of allylic oxidation sites excluding steroid dienone is 2. The molecule has 0 amide bonds. The Labute approximate surface area is 146 Å². The maximum atomic E-state index is 8.57. The van der Waals surface area contributed by atoms with Crippen molar-refractivity contribution in [1.82, 2.24) is 0 Å². The molecule has 0 heterocycles. The Bertz CT molecular complexity index is 686. The van der Waals surface area contributed by atoms with E-state index in [0.717, 1.165) is 16.7 Å². The summed E-state index contributed by atoms with van der Waals surface area (Å²) in [5.74, 6) is 0.338. The van der Waals surface area contributed by atoms with Crippen molar-refractivity contribution in [1.29, 1.82) is 10.8 Å². The van der Waals surface area contributed by atoms with E-state index in [4.69, 9.17) is 16.6 Å². The van der Waals surface area contributed by atoms with Gasteiger partial charge in [-0.2, -0.15) is 0 Å². The number of rotatable bonds is 6. The van der Waals surface area contributed by atoms with Crippen LogP contribution in [0.5, 0.6) is 0 Å². The van der Waals surface area contributed by atoms with Crippen LogP contribution in [0.3, 0.4) is 0 Å². The molecule has 1 aromatic carbocycles. The van der Waals surface area contributed by atoms with Crippen molar-refractivity contribution in [2.75, 3.05) is 0 Å². The number of nitrogens with one attached hydrogen (secondary N) is 2. The highest BCUT2D eigenvalue weighted by Gasteiger charge is 2.22. The second kappa shape index (κ2) is 7.61. The van der Waals surface area contributed by atoms with Gasteiger partial charge in [-0.15, -0.1) is 0 Å². The van der Waals surface area contributed by atoms with E-state index < -0.39 is 0 Å². The predicted octanol–water partition coefficient (Wildman–Crippen LogP) is 5.34. The first-order valence-electron chi connectivity index (χ1n) is 8.36. The van der Waals surface area contributed by atoms with Gasteiger partial charge < -0.3 is 11.1 Å². The fraction of sp³-hybridized carbons (Fsp3) is 0.429. The van der Waals surface area contributed by atoms with Crippen molar-refractivity contribution in [3.05, 3.63) is 58.8 Å². The first-order chi connectivity index (χ1) is 11.0. The third kappa shape index (κ3) is 4.67. The van der Waals surface area contributed by atoms with Gasteiger partial charge in [0.2, 0.25) is 0 Å². The Morgan fingerprint density at radius 2 is 1.83 bits per heavy atom. The van der Waals surface area contributed by atoms with Crippen molar-refractivity contribution in [2.45, 2.75) is 53.9 Å². The Balaban J connectivity index is 3.09. The van der Waals surface area contributed by atoms with Crippen LogP contribution in [0.1, 0.15) is 63.6 Å². The van der Waals surface area contributed by atoms with Crippen LogP contribution in [0.2, 0.25) is 0 Å². The first kappa shape index (κ1) is 19.9. The first-order valence-corrected chi connectivity index (χ1v) is 8.36. The van der Waals surface area contributed by atoms with Crippen LogP contribution < -0.4 is 5.73 Å². The van der Waals surface area contributed by atoms with Gasteiger partial charge in [0.05, 0.1) is 5.71 Å². The van der Waals surface area contributed by atoms with Crippen LogP contribution in [0.15, 0.2) is 42.1 Å². The summed E-state index contributed by atoms with van der Waals surface area (Å²) < 4.78 is 0. The zero-order valence-electron chi connectivity index (χ0n) is 15.9. The van der Waals surface area contributed by atoms with E-state index in [9.17, 15) is 0 Å². The third-order valence-corrected chi connectivity index (χ3v) is 4.13. The summed E-state index contributed by atoms with van der Waals surface area (Å²) in [5, 5.41) is 16.9. The van der Waals surface area contributed by atoms with Gasteiger partial charge >= 0.3 is 0 Å². The Kier molecular flexibility index (Phi) is 6.30. The third-order valence-electron chi connectivity index (χ3n) is 4.13. The zero-order valence-corrected chi connectivity index (χ0v) is 15.9. The molecule has 0 aliphatic carbocycles. The lowest BCUT2D eigenvalue weighted by Crippen LogP contribution is -2.23. The van der Waals surface area contributed by atoms with Crippen molar-refractivity contribution in [2.24, 2.45) is 11.1 Å². The van der Waals surface area contributed by atoms with Gasteiger partial charge in [0.25, 0.3) is 0 Å². The molecule has 3 heteroatoms. The van der Waals surface area contributed by atoms with Gasteiger partial charge in [-0.3, -0.25) is 5.41 Å². The largest absolute Gasteiger partial charge is 0.404 e. The lowest BCUT2D eigenvalue weighted by molar-refractivity contribution is 0.586. The molecule has 3 nitrogen and oxygen atoms in total. The molecule has 0 fully saturated rings. The monoisotopic (exact) mass is 325 g/mol. The molecule has 0 aliphatic rings. The van der Waals surface area contributed by atoms with E-state index in [2.05, 4.69) is 33.4 Å². The van der Waals surface area contributed by atoms with E-state index >= 15 is 0 Å². The maximum absolute atomic E-state index is 8.57. The SMILES string of the molecule is C=C(C/C(=C/N)C(=N)C(C)(C)C)C(=N)c1ccc(C)cc1C(C)C. The molecule has 0 aromatic heterocycles. The topological polar surface area (TPSA) is 73.7 Å². The lowest BCUT2D eigenvalue weighted by Gasteiger charge is -2.23. The molecule has 1 aromatic rings. The summed E-state index contributed by atoms with van der Waals surface area (Å²) in [7, 11) is 0. The van der Waals surface area contributed by atoms with Crippen molar-refractivity contribution in [3.8, 4) is 0 Å². The minimum absolute atomic E-state index is 0.277. The quantitative estimate of drug-likeness (QED) is 0.607. The van der Waals surface area contributed by atoms with Crippen molar-refractivity contribution in [3.63, 3.8) is 0 Å². The summed E-state index contributed by atoms with van der Waals surface area (Å²) >= 11 is 0. The van der Waals surface area contributed by atoms with Crippen molar-refractivity contribution >= 4 is 11.4 Å². The Morgan fingerprint density at radius 3 is 2.29 bits per heavy atom. The second-order valence-electron chi connectivity index (χ2n) is 7.72. The van der Waals surface area contributed by atoms with Crippen LogP contribution in [0.25, 0.3) is 0 Å². The molecule has 24 heavy (non-hydrogen) atoms. The molecule has 0 aliphatic heterocycles. The summed E-state index contributed by atoms with van der Waals surface area (Å²) in [5.41, 5.74) is 11.1. The average Bonchev–Trinajstić information content (AvgIpc) is 2.49. The molecular weight excluding hydrogens is 294 g/mol. The fourth-order valence-electron chi connectivity index (χ4n) is 2.61. The highest BCUT2D eigenvalue weighted by molar-refractivity contribution is 6.13. The molecule has 0 spiro atoms. The second-order valence-corrected chi connectivity index (χ2v) is 7.72. The van der Waals surface area contributed by atoms with Crippen molar-refractivity contribution < 1.29 is 0 Å². The smallest absolute Gasteiger partial charge is 0.0644 e. The van der Waals surface area contributed by atoms with Gasteiger partial charge in [0, 0.05) is 23.1 Å². The summed E-state index contributed by atoms with van der Waals surface area (Å²) in [6.07, 6.45) is 1.90. The van der Waals surface area contributed by atoms with E-state index in [1.807, 2.05) is 32.9 Å². The Morgan fingerprint density at radius 1 is 1.25 bits per heavy atom. The number of aryl methyl sites for hydroxylation is 1. The maximum Gasteiger partial charge on any atom is 0.0644 e. The van der Waals surface area contributed by atoms with Crippen LogP contribution in [0, 0.1) is 23.2 Å². The molecule has 0 saturated carbocycles. The standard InChI is InChI=1S/C21H31N3/c1-13(2)18-10-14(3)8-9-17(18)19(23)15(4)11-16(12-22)20(24)21(5,6)7/h8-10,12-13,23-24H,4,11,22H2,1-3,5-7H3/b16-12-,23-19?,24-20?. The van der Waals surface area contributed by atoms with E-state index in [1.165, 1.54) is 11.8 Å². The van der Waals surface area contributed by atoms with Gasteiger partial charge in [-0.05, 0) is 35.8 Å². The van der Waals surface area contributed by atoms with Gasteiger partial charge in [0.15, 0.2) is 0 Å². The van der Waals surface area contributed by atoms with Gasteiger partial charge in [-0.25, -0.2) is 0 Å². The molecular formula is C21H31N3. The van der Waals surface area contributed by atoms with E-state index in [1.54, 1.807) is 0 Å². The molecule has 0 bridgehead atoms. The fourth-order valence-corrected chi connectivity index (χ4v) is 2.61. The molecule has 1 rings (SSSR count). The summed E-state index contributed by atoms with van der Waals surface area (Å²) in [6, 6.07) is 6.16. The van der Waals surface area contributed by atoms with Gasteiger partial charge in [-0.1, -0.05) is 65.0 Å². The molecule has 4 N–H and O–H groups in total. The molecule has 130 valence electrons.